The second kappa shape index (κ2) is 5.28. The zero-order valence-corrected chi connectivity index (χ0v) is 10.0. The molecule has 0 saturated carbocycles. The van der Waals surface area contributed by atoms with Crippen molar-refractivity contribution in [1.29, 1.82) is 0 Å². The first kappa shape index (κ1) is 12.2. The summed E-state index contributed by atoms with van der Waals surface area (Å²) in [5.41, 5.74) is 8.11. The van der Waals surface area contributed by atoms with E-state index in [0.717, 1.165) is 17.9 Å². The van der Waals surface area contributed by atoms with Gasteiger partial charge in [-0.15, -0.1) is 0 Å². The van der Waals surface area contributed by atoms with Crippen LogP contribution in [0.2, 0.25) is 0 Å². The van der Waals surface area contributed by atoms with Crippen molar-refractivity contribution in [2.45, 2.75) is 46.4 Å². The highest BCUT2D eigenvalue weighted by Gasteiger charge is 2.13. The van der Waals surface area contributed by atoms with Crippen LogP contribution in [0.4, 0.5) is 0 Å². The normalized spacial score (nSPS) is 13.5. The molecule has 4 heteroatoms. The summed E-state index contributed by atoms with van der Waals surface area (Å²) in [6.45, 7) is 9.45. The molecule has 1 atom stereocenters. The van der Waals surface area contributed by atoms with Crippen LogP contribution in [0, 0.1) is 6.92 Å². The predicted octanol–water partition coefficient (Wildman–Crippen LogP) is 1.64. The summed E-state index contributed by atoms with van der Waals surface area (Å²) in [6.07, 6.45) is 0.218. The van der Waals surface area contributed by atoms with Crippen LogP contribution in [-0.4, -0.2) is 22.5 Å². The van der Waals surface area contributed by atoms with Crippen LogP contribution in [0.1, 0.15) is 38.2 Å². The summed E-state index contributed by atoms with van der Waals surface area (Å²) in [6, 6.07) is 1.94. The minimum atomic E-state index is -0.0893. The van der Waals surface area contributed by atoms with E-state index in [4.69, 9.17) is 10.5 Å². The monoisotopic (exact) mass is 211 g/mol. The van der Waals surface area contributed by atoms with Crippen LogP contribution in [-0.2, 0) is 11.3 Å². The van der Waals surface area contributed by atoms with Crippen molar-refractivity contribution in [2.24, 2.45) is 5.73 Å². The summed E-state index contributed by atoms with van der Waals surface area (Å²) >= 11 is 0. The molecule has 0 amide bonds. The molecule has 1 unspecified atom stereocenters. The van der Waals surface area contributed by atoms with Gasteiger partial charge in [0.1, 0.15) is 0 Å². The fourth-order valence-electron chi connectivity index (χ4n) is 1.50. The first-order chi connectivity index (χ1) is 7.04. The standard InChI is InChI=1S/C11H21N3O/c1-5-14-11(6-9(4)13-14)10(12)7-15-8(2)3/h6,8,10H,5,7,12H2,1-4H3. The van der Waals surface area contributed by atoms with Gasteiger partial charge in [0.25, 0.3) is 0 Å². The molecule has 0 fully saturated rings. The molecule has 0 bridgehead atoms. The highest BCUT2D eigenvalue weighted by atomic mass is 16.5. The summed E-state index contributed by atoms with van der Waals surface area (Å²) in [4.78, 5) is 0. The SMILES string of the molecule is CCn1nc(C)cc1C(N)COC(C)C. The van der Waals surface area contributed by atoms with Crippen LogP contribution in [0.5, 0.6) is 0 Å². The molecule has 1 aromatic rings. The van der Waals surface area contributed by atoms with E-state index < -0.39 is 0 Å². The molecular weight excluding hydrogens is 190 g/mol. The number of nitrogens with zero attached hydrogens (tertiary/aromatic N) is 2. The summed E-state index contributed by atoms with van der Waals surface area (Å²) < 4.78 is 7.43. The number of rotatable bonds is 5. The van der Waals surface area contributed by atoms with Crippen molar-refractivity contribution in [3.8, 4) is 0 Å². The van der Waals surface area contributed by atoms with Crippen LogP contribution in [0.15, 0.2) is 6.07 Å². The quantitative estimate of drug-likeness (QED) is 0.805. The van der Waals surface area contributed by atoms with Gasteiger partial charge in [-0.1, -0.05) is 0 Å². The number of nitrogens with two attached hydrogens (primary N) is 1. The van der Waals surface area contributed by atoms with Gasteiger partial charge in [-0.2, -0.15) is 5.10 Å². The minimum absolute atomic E-state index is 0.0893. The third-order valence-electron chi connectivity index (χ3n) is 2.22. The first-order valence-electron chi connectivity index (χ1n) is 5.46. The lowest BCUT2D eigenvalue weighted by molar-refractivity contribution is 0.0668. The van der Waals surface area contributed by atoms with E-state index >= 15 is 0 Å². The van der Waals surface area contributed by atoms with Gasteiger partial charge in [-0.05, 0) is 33.8 Å². The van der Waals surface area contributed by atoms with E-state index in [2.05, 4.69) is 12.0 Å². The Bertz CT molecular complexity index is 307. The molecule has 1 heterocycles. The minimum Gasteiger partial charge on any atom is -0.377 e. The highest BCUT2D eigenvalue weighted by Crippen LogP contribution is 2.13. The van der Waals surface area contributed by atoms with Crippen molar-refractivity contribution in [2.75, 3.05) is 6.61 Å². The van der Waals surface area contributed by atoms with Crippen molar-refractivity contribution < 1.29 is 4.74 Å². The topological polar surface area (TPSA) is 53.1 Å². The van der Waals surface area contributed by atoms with Crippen LogP contribution < -0.4 is 5.73 Å². The molecule has 0 aromatic carbocycles. The third-order valence-corrected chi connectivity index (χ3v) is 2.22. The van der Waals surface area contributed by atoms with Gasteiger partial charge in [0.15, 0.2) is 0 Å². The summed E-state index contributed by atoms with van der Waals surface area (Å²) in [5.74, 6) is 0. The Kier molecular flexibility index (Phi) is 4.29. The molecular formula is C11H21N3O. The molecule has 4 nitrogen and oxygen atoms in total. The van der Waals surface area contributed by atoms with E-state index in [9.17, 15) is 0 Å². The fourth-order valence-corrected chi connectivity index (χ4v) is 1.50. The lowest BCUT2D eigenvalue weighted by Crippen LogP contribution is -2.22. The smallest absolute Gasteiger partial charge is 0.0704 e. The van der Waals surface area contributed by atoms with Gasteiger partial charge in [0.2, 0.25) is 0 Å². The summed E-state index contributed by atoms with van der Waals surface area (Å²) in [7, 11) is 0. The van der Waals surface area contributed by atoms with Gasteiger partial charge >= 0.3 is 0 Å². The van der Waals surface area contributed by atoms with E-state index in [1.54, 1.807) is 0 Å². The van der Waals surface area contributed by atoms with E-state index in [1.165, 1.54) is 0 Å². The summed E-state index contributed by atoms with van der Waals surface area (Å²) in [5, 5.41) is 4.36. The van der Waals surface area contributed by atoms with Crippen molar-refractivity contribution in [3.05, 3.63) is 17.5 Å². The number of aryl methyl sites for hydroxylation is 2. The Hall–Kier alpha value is -0.870. The number of ether oxygens (including phenoxy) is 1. The lowest BCUT2D eigenvalue weighted by Gasteiger charge is -2.15. The van der Waals surface area contributed by atoms with Crippen LogP contribution in [0.3, 0.4) is 0 Å². The van der Waals surface area contributed by atoms with Crippen molar-refractivity contribution >= 4 is 0 Å². The molecule has 1 rings (SSSR count). The maximum atomic E-state index is 6.05. The molecule has 0 aliphatic carbocycles. The molecule has 0 aliphatic rings. The Balaban J connectivity index is 2.67. The Morgan fingerprint density at radius 1 is 1.53 bits per heavy atom. The molecule has 0 radical (unpaired) electrons. The van der Waals surface area contributed by atoms with Gasteiger partial charge in [-0.25, -0.2) is 0 Å². The van der Waals surface area contributed by atoms with E-state index in [0.29, 0.717) is 6.61 Å². The van der Waals surface area contributed by atoms with Crippen molar-refractivity contribution in [1.82, 2.24) is 9.78 Å². The number of hydrogen-bond donors (Lipinski definition) is 1. The zero-order chi connectivity index (χ0) is 11.4. The third kappa shape index (κ3) is 3.32. The largest absolute Gasteiger partial charge is 0.377 e. The zero-order valence-electron chi connectivity index (χ0n) is 10.0. The van der Waals surface area contributed by atoms with E-state index in [1.807, 2.05) is 31.5 Å². The fraction of sp³-hybridized carbons (Fsp3) is 0.727. The van der Waals surface area contributed by atoms with Crippen molar-refractivity contribution in [3.63, 3.8) is 0 Å². The number of hydrogen-bond acceptors (Lipinski definition) is 3. The number of aromatic nitrogens is 2. The Morgan fingerprint density at radius 3 is 2.73 bits per heavy atom. The van der Waals surface area contributed by atoms with Gasteiger partial charge in [0.05, 0.1) is 30.1 Å². The molecule has 1 aromatic heterocycles. The molecule has 15 heavy (non-hydrogen) atoms. The predicted molar refractivity (Wildman–Crippen MR) is 60.7 cm³/mol. The maximum absolute atomic E-state index is 6.05. The average molecular weight is 211 g/mol. The Morgan fingerprint density at radius 2 is 2.20 bits per heavy atom. The Labute approximate surface area is 91.4 Å². The van der Waals surface area contributed by atoms with Gasteiger partial charge in [-0.3, -0.25) is 4.68 Å². The second-order valence-corrected chi connectivity index (χ2v) is 4.01. The molecule has 0 spiro atoms. The lowest BCUT2D eigenvalue weighted by atomic mass is 10.2. The molecule has 0 saturated heterocycles. The maximum Gasteiger partial charge on any atom is 0.0704 e. The van der Waals surface area contributed by atoms with E-state index in [-0.39, 0.29) is 12.1 Å². The molecule has 0 aliphatic heterocycles. The first-order valence-corrected chi connectivity index (χ1v) is 5.46. The van der Waals surface area contributed by atoms with Crippen LogP contribution in [0.25, 0.3) is 0 Å². The second-order valence-electron chi connectivity index (χ2n) is 4.01. The average Bonchev–Trinajstić information content (AvgIpc) is 2.56. The van der Waals surface area contributed by atoms with Gasteiger partial charge in [0, 0.05) is 6.54 Å². The molecule has 2 N–H and O–H groups in total. The molecule has 86 valence electrons. The van der Waals surface area contributed by atoms with Crippen LogP contribution >= 0.6 is 0 Å². The van der Waals surface area contributed by atoms with Gasteiger partial charge < -0.3 is 10.5 Å². The highest BCUT2D eigenvalue weighted by molar-refractivity contribution is 5.12.